The minimum absolute atomic E-state index is 0.306. The number of unbranched alkanes of at least 4 members (excludes halogenated alkanes) is 1. The van der Waals surface area contributed by atoms with E-state index in [0.717, 1.165) is 37.8 Å². The number of aromatic nitrogens is 2. The van der Waals surface area contributed by atoms with Crippen molar-refractivity contribution in [1.29, 1.82) is 0 Å². The van der Waals surface area contributed by atoms with Gasteiger partial charge in [-0.2, -0.15) is 0 Å². The van der Waals surface area contributed by atoms with Crippen LogP contribution in [0.25, 0.3) is 16.9 Å². The SMILES string of the molecule is CCCCC1(C)C(=O)C(C)(C)Nc2c1cc(-c1cccc3nccn13)c1c2CCC1. The maximum Gasteiger partial charge on any atom is 0.167 e. The van der Waals surface area contributed by atoms with Gasteiger partial charge in [0.1, 0.15) is 5.65 Å². The number of nitrogens with zero attached hydrogens (tertiary/aromatic N) is 2. The first-order chi connectivity index (χ1) is 14.4. The predicted molar refractivity (Wildman–Crippen MR) is 122 cm³/mol. The molecule has 1 atom stereocenters. The monoisotopic (exact) mass is 401 g/mol. The summed E-state index contributed by atoms with van der Waals surface area (Å²) < 4.78 is 2.17. The third-order valence-electron chi connectivity index (χ3n) is 7.24. The standard InChI is InChI=1S/C26H31N3O/c1-5-6-13-26(4)20-16-19(21-11-8-12-22-27-14-15-29(21)22)17-9-7-10-18(17)23(20)28-25(2,3)24(26)30/h8,11-12,14-16,28H,5-7,9-10,13H2,1-4H3. The fraction of sp³-hybridized carbons (Fsp3) is 0.462. The van der Waals surface area contributed by atoms with Crippen LogP contribution in [0.1, 0.15) is 70.1 Å². The van der Waals surface area contributed by atoms with Crippen molar-refractivity contribution in [2.45, 2.75) is 77.2 Å². The van der Waals surface area contributed by atoms with Gasteiger partial charge in [-0.3, -0.25) is 9.20 Å². The van der Waals surface area contributed by atoms with Crippen LogP contribution in [-0.2, 0) is 23.1 Å². The van der Waals surface area contributed by atoms with Crippen molar-refractivity contribution in [3.05, 3.63) is 53.3 Å². The summed E-state index contributed by atoms with van der Waals surface area (Å²) in [5.74, 6) is 0.306. The van der Waals surface area contributed by atoms with Crippen LogP contribution in [-0.4, -0.2) is 20.7 Å². The lowest BCUT2D eigenvalue weighted by molar-refractivity contribution is -0.128. The molecule has 5 rings (SSSR count). The van der Waals surface area contributed by atoms with Crippen LogP contribution < -0.4 is 5.32 Å². The van der Waals surface area contributed by atoms with Gasteiger partial charge in [-0.15, -0.1) is 0 Å². The second kappa shape index (κ2) is 6.69. The molecule has 0 radical (unpaired) electrons. The van der Waals surface area contributed by atoms with Gasteiger partial charge >= 0.3 is 0 Å². The summed E-state index contributed by atoms with van der Waals surface area (Å²) >= 11 is 0. The van der Waals surface area contributed by atoms with Crippen molar-refractivity contribution in [2.75, 3.05) is 5.32 Å². The number of carbonyl (C=O) groups is 1. The average molecular weight is 402 g/mol. The molecule has 1 aliphatic heterocycles. The van der Waals surface area contributed by atoms with E-state index in [1.807, 2.05) is 32.3 Å². The van der Waals surface area contributed by atoms with Crippen LogP contribution in [0.15, 0.2) is 36.7 Å². The average Bonchev–Trinajstić information content (AvgIpc) is 3.40. The minimum atomic E-state index is -0.544. The lowest BCUT2D eigenvalue weighted by atomic mass is 9.65. The third-order valence-corrected chi connectivity index (χ3v) is 7.24. The third kappa shape index (κ3) is 2.65. The summed E-state index contributed by atoms with van der Waals surface area (Å²) in [4.78, 5) is 18.2. The molecular weight excluding hydrogens is 370 g/mol. The van der Waals surface area contributed by atoms with Crippen molar-refractivity contribution in [3.8, 4) is 11.3 Å². The van der Waals surface area contributed by atoms with Gasteiger partial charge < -0.3 is 5.32 Å². The number of hydrogen-bond acceptors (Lipinski definition) is 3. The minimum Gasteiger partial charge on any atom is -0.373 e. The summed E-state index contributed by atoms with van der Waals surface area (Å²) in [6, 6.07) is 8.63. The first-order valence-electron chi connectivity index (χ1n) is 11.3. The molecule has 30 heavy (non-hydrogen) atoms. The molecule has 2 aliphatic rings. The predicted octanol–water partition coefficient (Wildman–Crippen LogP) is 5.71. The fourth-order valence-electron chi connectivity index (χ4n) is 5.72. The van der Waals surface area contributed by atoms with Gasteiger partial charge in [-0.25, -0.2) is 4.98 Å². The van der Waals surface area contributed by atoms with Crippen molar-refractivity contribution in [2.24, 2.45) is 0 Å². The molecule has 1 unspecified atom stereocenters. The van der Waals surface area contributed by atoms with Crippen molar-refractivity contribution in [1.82, 2.24) is 9.38 Å². The zero-order valence-electron chi connectivity index (χ0n) is 18.5. The molecule has 4 nitrogen and oxygen atoms in total. The number of rotatable bonds is 4. The Morgan fingerprint density at radius 3 is 2.77 bits per heavy atom. The van der Waals surface area contributed by atoms with Gasteiger partial charge in [0.2, 0.25) is 0 Å². The smallest absolute Gasteiger partial charge is 0.167 e. The van der Waals surface area contributed by atoms with Crippen LogP contribution in [0.2, 0.25) is 0 Å². The van der Waals surface area contributed by atoms with Crippen LogP contribution in [0, 0.1) is 0 Å². The first kappa shape index (κ1) is 19.3. The molecule has 0 spiro atoms. The number of benzene rings is 1. The van der Waals surface area contributed by atoms with E-state index in [9.17, 15) is 4.79 Å². The summed E-state index contributed by atoms with van der Waals surface area (Å²) in [5.41, 5.74) is 7.66. The number of fused-ring (bicyclic) bond motifs is 4. The Bertz CT molecular complexity index is 1160. The van der Waals surface area contributed by atoms with E-state index in [2.05, 4.69) is 46.7 Å². The Balaban J connectivity index is 1.80. The Kier molecular flexibility index (Phi) is 4.32. The molecule has 3 heterocycles. The van der Waals surface area contributed by atoms with E-state index in [1.54, 1.807) is 0 Å². The quantitative estimate of drug-likeness (QED) is 0.609. The number of carbonyl (C=O) groups excluding carboxylic acids is 1. The number of ketones is 1. The van der Waals surface area contributed by atoms with Gasteiger partial charge in [0.15, 0.2) is 5.78 Å². The largest absolute Gasteiger partial charge is 0.373 e. The van der Waals surface area contributed by atoms with Crippen molar-refractivity contribution >= 4 is 17.1 Å². The molecule has 0 bridgehead atoms. The van der Waals surface area contributed by atoms with E-state index in [4.69, 9.17) is 0 Å². The second-order valence-electron chi connectivity index (χ2n) is 9.74. The van der Waals surface area contributed by atoms with E-state index in [0.29, 0.717) is 5.78 Å². The summed E-state index contributed by atoms with van der Waals surface area (Å²) in [5, 5.41) is 3.66. The summed E-state index contributed by atoms with van der Waals surface area (Å²) in [6.45, 7) is 8.47. The number of Topliss-reactive ketones (excluding diaryl/α,β-unsaturated/α-hetero) is 1. The second-order valence-corrected chi connectivity index (χ2v) is 9.74. The lowest BCUT2D eigenvalue weighted by Gasteiger charge is -2.45. The highest BCUT2D eigenvalue weighted by Gasteiger charge is 2.49. The van der Waals surface area contributed by atoms with Gasteiger partial charge in [0.25, 0.3) is 0 Å². The van der Waals surface area contributed by atoms with Gasteiger partial charge in [-0.05, 0) is 81.3 Å². The molecule has 0 fully saturated rings. The normalized spacial score (nSPS) is 22.1. The van der Waals surface area contributed by atoms with Crippen LogP contribution in [0.5, 0.6) is 0 Å². The van der Waals surface area contributed by atoms with Crippen molar-refractivity contribution in [3.63, 3.8) is 0 Å². The Morgan fingerprint density at radius 1 is 1.17 bits per heavy atom. The molecule has 3 aromatic rings. The summed E-state index contributed by atoms with van der Waals surface area (Å²) in [7, 11) is 0. The highest BCUT2D eigenvalue weighted by atomic mass is 16.1. The highest BCUT2D eigenvalue weighted by molar-refractivity contribution is 6.04. The van der Waals surface area contributed by atoms with E-state index in [-0.39, 0.29) is 0 Å². The fourth-order valence-corrected chi connectivity index (χ4v) is 5.72. The molecule has 1 aliphatic carbocycles. The number of nitrogens with one attached hydrogen (secondary N) is 1. The molecule has 2 aromatic heterocycles. The van der Waals surface area contributed by atoms with Gasteiger partial charge in [-0.1, -0.05) is 25.8 Å². The van der Waals surface area contributed by atoms with Gasteiger partial charge in [0.05, 0.1) is 16.6 Å². The van der Waals surface area contributed by atoms with Gasteiger partial charge in [0, 0.05) is 23.6 Å². The number of imidazole rings is 1. The Morgan fingerprint density at radius 2 is 1.97 bits per heavy atom. The summed E-state index contributed by atoms with van der Waals surface area (Å²) in [6.07, 6.45) is 10.3. The zero-order chi connectivity index (χ0) is 21.1. The Labute approximate surface area is 178 Å². The van der Waals surface area contributed by atoms with Crippen LogP contribution >= 0.6 is 0 Å². The number of hydrogen-bond donors (Lipinski definition) is 1. The zero-order valence-corrected chi connectivity index (χ0v) is 18.5. The number of anilines is 1. The maximum absolute atomic E-state index is 13.7. The highest BCUT2D eigenvalue weighted by Crippen LogP contribution is 2.50. The van der Waals surface area contributed by atoms with E-state index in [1.165, 1.54) is 40.1 Å². The molecule has 156 valence electrons. The van der Waals surface area contributed by atoms with E-state index < -0.39 is 11.0 Å². The molecule has 4 heteroatoms. The number of pyridine rings is 1. The molecule has 0 amide bonds. The molecule has 1 aromatic carbocycles. The maximum atomic E-state index is 13.7. The molecule has 0 saturated carbocycles. The molecule has 1 N–H and O–H groups in total. The lowest BCUT2D eigenvalue weighted by Crippen LogP contribution is -2.55. The molecule has 0 saturated heterocycles. The Hall–Kier alpha value is -2.62. The van der Waals surface area contributed by atoms with E-state index >= 15 is 0 Å². The topological polar surface area (TPSA) is 46.4 Å². The van der Waals surface area contributed by atoms with Crippen molar-refractivity contribution < 1.29 is 4.79 Å². The molecular formula is C26H31N3O. The van der Waals surface area contributed by atoms with Crippen LogP contribution in [0.4, 0.5) is 5.69 Å². The first-order valence-corrected chi connectivity index (χ1v) is 11.3. The van der Waals surface area contributed by atoms with Crippen LogP contribution in [0.3, 0.4) is 0 Å².